The molecular weight excluding hydrogens is 274 g/mol. The molecule has 1 aliphatic carbocycles. The zero-order valence-corrected chi connectivity index (χ0v) is 11.5. The predicted molar refractivity (Wildman–Crippen MR) is 78.9 cm³/mol. The van der Waals surface area contributed by atoms with Gasteiger partial charge >= 0.3 is 0 Å². The third-order valence-corrected chi connectivity index (χ3v) is 3.98. The number of nitrogens with two attached hydrogens (primary N) is 1. The van der Waals surface area contributed by atoms with Crippen LogP contribution in [0.2, 0.25) is 5.02 Å². The first-order valence-corrected chi connectivity index (χ1v) is 6.82. The molecule has 3 N–H and O–H groups in total. The summed E-state index contributed by atoms with van der Waals surface area (Å²) < 4.78 is 0. The first kappa shape index (κ1) is 12.9. The smallest absolute Gasteiger partial charge is 0.252 e. The lowest BCUT2D eigenvalue weighted by atomic mass is 10.1. The van der Waals surface area contributed by atoms with E-state index in [9.17, 15) is 4.79 Å². The van der Waals surface area contributed by atoms with Gasteiger partial charge in [-0.2, -0.15) is 0 Å². The second-order valence-corrected chi connectivity index (χ2v) is 5.24. The summed E-state index contributed by atoms with van der Waals surface area (Å²) in [7, 11) is 0. The van der Waals surface area contributed by atoms with Crippen LogP contribution in [0.5, 0.6) is 0 Å². The quantitative estimate of drug-likeness (QED) is 0.912. The van der Waals surface area contributed by atoms with Crippen molar-refractivity contribution in [1.29, 1.82) is 0 Å². The molecule has 0 saturated carbocycles. The number of anilines is 1. The minimum absolute atomic E-state index is 0.143. The molecule has 2 aromatic rings. The van der Waals surface area contributed by atoms with E-state index in [0.717, 1.165) is 17.9 Å². The number of amides is 1. The van der Waals surface area contributed by atoms with Crippen LogP contribution in [-0.4, -0.2) is 10.9 Å². The van der Waals surface area contributed by atoms with Crippen LogP contribution in [0.4, 0.5) is 5.69 Å². The molecule has 0 saturated heterocycles. The molecule has 20 heavy (non-hydrogen) atoms. The summed E-state index contributed by atoms with van der Waals surface area (Å²) in [5.41, 5.74) is 8.85. The summed E-state index contributed by atoms with van der Waals surface area (Å²) in [6, 6.07) is 7.83. The molecule has 1 aromatic carbocycles. The van der Waals surface area contributed by atoms with Gasteiger partial charge < -0.3 is 11.1 Å². The van der Waals surface area contributed by atoms with Crippen LogP contribution in [0.25, 0.3) is 0 Å². The number of rotatable bonds is 3. The fourth-order valence-electron chi connectivity index (χ4n) is 2.66. The Morgan fingerprint density at radius 2 is 2.25 bits per heavy atom. The first-order valence-electron chi connectivity index (χ1n) is 6.44. The summed E-state index contributed by atoms with van der Waals surface area (Å²) in [5.74, 6) is -0.482. The monoisotopic (exact) mass is 287 g/mol. The average Bonchev–Trinajstić information content (AvgIpc) is 2.84. The third kappa shape index (κ3) is 2.23. The van der Waals surface area contributed by atoms with Crippen LogP contribution >= 0.6 is 11.6 Å². The fourth-order valence-corrected chi connectivity index (χ4v) is 2.94. The van der Waals surface area contributed by atoms with E-state index < -0.39 is 5.91 Å². The van der Waals surface area contributed by atoms with Crippen molar-refractivity contribution < 1.29 is 4.79 Å². The van der Waals surface area contributed by atoms with Gasteiger partial charge in [0, 0.05) is 17.4 Å². The van der Waals surface area contributed by atoms with E-state index >= 15 is 0 Å². The lowest BCUT2D eigenvalue weighted by Gasteiger charge is -2.17. The van der Waals surface area contributed by atoms with Gasteiger partial charge in [0.25, 0.3) is 5.91 Å². The summed E-state index contributed by atoms with van der Waals surface area (Å²) in [6.07, 6.45) is 5.00. The van der Waals surface area contributed by atoms with Crippen LogP contribution in [0.15, 0.2) is 36.7 Å². The number of halogens is 1. The Kier molecular flexibility index (Phi) is 3.32. The van der Waals surface area contributed by atoms with Crippen molar-refractivity contribution in [2.24, 2.45) is 5.73 Å². The third-order valence-electron chi connectivity index (χ3n) is 3.63. The highest BCUT2D eigenvalue weighted by Gasteiger charge is 2.24. The number of carbonyl (C=O) groups excluding carboxylic acids is 1. The van der Waals surface area contributed by atoms with Gasteiger partial charge in [0.1, 0.15) is 0 Å². The second-order valence-electron chi connectivity index (χ2n) is 4.83. The normalized spacial score (nSPS) is 16.8. The number of pyridine rings is 1. The number of primary amides is 1. The number of benzene rings is 1. The molecule has 1 amide bonds. The van der Waals surface area contributed by atoms with Gasteiger partial charge in [-0.05, 0) is 36.1 Å². The Morgan fingerprint density at radius 3 is 3.05 bits per heavy atom. The summed E-state index contributed by atoms with van der Waals surface area (Å²) in [4.78, 5) is 15.4. The number of hydrogen-bond acceptors (Lipinski definition) is 3. The topological polar surface area (TPSA) is 68.0 Å². The minimum Gasteiger partial charge on any atom is -0.377 e. The molecule has 1 heterocycles. The predicted octanol–water partition coefficient (Wildman–Crippen LogP) is 2.93. The number of nitrogens with one attached hydrogen (secondary N) is 1. The second kappa shape index (κ2) is 5.13. The zero-order valence-electron chi connectivity index (χ0n) is 10.8. The van der Waals surface area contributed by atoms with Gasteiger partial charge in [-0.25, -0.2) is 0 Å². The zero-order chi connectivity index (χ0) is 14.1. The van der Waals surface area contributed by atoms with E-state index in [0.29, 0.717) is 11.3 Å². The fraction of sp³-hybridized carbons (Fsp3) is 0.200. The van der Waals surface area contributed by atoms with E-state index in [-0.39, 0.29) is 6.04 Å². The van der Waals surface area contributed by atoms with Crippen LogP contribution in [0.3, 0.4) is 0 Å². The SMILES string of the molecule is NC(=O)c1cnccc1NC1CCc2c(Cl)cccc21. The Labute approximate surface area is 122 Å². The molecule has 3 rings (SSSR count). The molecule has 0 radical (unpaired) electrons. The Bertz CT molecular complexity index is 672. The maximum absolute atomic E-state index is 11.4. The molecule has 0 bridgehead atoms. The molecular formula is C15H14ClN3O. The van der Waals surface area contributed by atoms with Crippen LogP contribution < -0.4 is 11.1 Å². The molecule has 5 heteroatoms. The first-order chi connectivity index (χ1) is 9.66. The van der Waals surface area contributed by atoms with Crippen molar-refractivity contribution >= 4 is 23.2 Å². The highest BCUT2D eigenvalue weighted by molar-refractivity contribution is 6.31. The number of aromatic nitrogens is 1. The molecule has 1 aliphatic rings. The van der Waals surface area contributed by atoms with Crippen molar-refractivity contribution in [3.8, 4) is 0 Å². The molecule has 0 fully saturated rings. The van der Waals surface area contributed by atoms with Gasteiger partial charge in [0.2, 0.25) is 0 Å². The molecule has 1 unspecified atom stereocenters. The molecule has 4 nitrogen and oxygen atoms in total. The lowest BCUT2D eigenvalue weighted by molar-refractivity contribution is 0.100. The number of fused-ring (bicyclic) bond motifs is 1. The Morgan fingerprint density at radius 1 is 1.40 bits per heavy atom. The summed E-state index contributed by atoms with van der Waals surface area (Å²) in [5, 5.41) is 4.18. The van der Waals surface area contributed by atoms with E-state index in [4.69, 9.17) is 17.3 Å². The highest BCUT2D eigenvalue weighted by Crippen LogP contribution is 2.37. The standard InChI is InChI=1S/C15H14ClN3O/c16-12-3-1-2-10-9(12)4-5-13(10)19-14-6-7-18-8-11(14)15(17)20/h1-3,6-8,13H,4-5H2,(H2,17,20)(H,18,19). The number of hydrogen-bond donors (Lipinski definition) is 2. The van der Waals surface area contributed by atoms with E-state index in [1.165, 1.54) is 17.3 Å². The van der Waals surface area contributed by atoms with Gasteiger partial charge in [-0.3, -0.25) is 9.78 Å². The van der Waals surface area contributed by atoms with Crippen molar-refractivity contribution in [3.63, 3.8) is 0 Å². The summed E-state index contributed by atoms with van der Waals surface area (Å²) in [6.45, 7) is 0. The molecule has 1 aromatic heterocycles. The molecule has 1 atom stereocenters. The van der Waals surface area contributed by atoms with Crippen molar-refractivity contribution in [2.45, 2.75) is 18.9 Å². The van der Waals surface area contributed by atoms with Gasteiger partial charge in [0.15, 0.2) is 0 Å². The maximum atomic E-state index is 11.4. The van der Waals surface area contributed by atoms with E-state index in [1.807, 2.05) is 12.1 Å². The number of carbonyl (C=O) groups is 1. The van der Waals surface area contributed by atoms with Crippen molar-refractivity contribution in [2.75, 3.05) is 5.32 Å². The van der Waals surface area contributed by atoms with Crippen molar-refractivity contribution in [3.05, 3.63) is 58.4 Å². The van der Waals surface area contributed by atoms with Crippen LogP contribution in [0.1, 0.15) is 33.9 Å². The Balaban J connectivity index is 1.92. The Hall–Kier alpha value is -2.07. The highest BCUT2D eigenvalue weighted by atomic mass is 35.5. The molecule has 102 valence electrons. The van der Waals surface area contributed by atoms with Crippen LogP contribution in [0, 0.1) is 0 Å². The largest absolute Gasteiger partial charge is 0.377 e. The van der Waals surface area contributed by atoms with Gasteiger partial charge in [0.05, 0.1) is 17.3 Å². The molecule has 0 aliphatic heterocycles. The lowest BCUT2D eigenvalue weighted by Crippen LogP contribution is -2.16. The van der Waals surface area contributed by atoms with Crippen molar-refractivity contribution in [1.82, 2.24) is 4.98 Å². The van der Waals surface area contributed by atoms with E-state index in [1.54, 1.807) is 12.3 Å². The maximum Gasteiger partial charge on any atom is 0.252 e. The number of nitrogens with zero attached hydrogens (tertiary/aromatic N) is 1. The summed E-state index contributed by atoms with van der Waals surface area (Å²) >= 11 is 6.21. The van der Waals surface area contributed by atoms with E-state index in [2.05, 4.69) is 16.4 Å². The average molecular weight is 288 g/mol. The minimum atomic E-state index is -0.482. The van der Waals surface area contributed by atoms with Gasteiger partial charge in [-0.15, -0.1) is 0 Å². The van der Waals surface area contributed by atoms with Crippen LogP contribution in [-0.2, 0) is 6.42 Å². The molecule has 0 spiro atoms. The van der Waals surface area contributed by atoms with Gasteiger partial charge in [-0.1, -0.05) is 23.7 Å².